The highest BCUT2D eigenvalue weighted by molar-refractivity contribution is 5.93. The van der Waals surface area contributed by atoms with Gasteiger partial charge in [0.15, 0.2) is 0 Å². The highest BCUT2D eigenvalue weighted by atomic mass is 19.1. The standard InChI is InChI=1S/C22H20FN7O/c23-17-3-1-2-4-18(17)30(26)20(15-9-11-27-12-10-15)19(25)22-28-21(29-31-22)16-7-5-14(13-24)6-8-16/h1-12H,13,24-26H2/b20-19-. The summed E-state index contributed by atoms with van der Waals surface area (Å²) in [4.78, 5) is 8.41. The first-order valence-corrected chi connectivity index (χ1v) is 9.41. The van der Waals surface area contributed by atoms with Crippen LogP contribution in [0.25, 0.3) is 22.8 Å². The Morgan fingerprint density at radius 2 is 1.71 bits per heavy atom. The van der Waals surface area contributed by atoms with E-state index >= 15 is 0 Å². The van der Waals surface area contributed by atoms with Gasteiger partial charge in [-0.05, 0) is 29.8 Å². The quantitative estimate of drug-likeness (QED) is 0.322. The predicted molar refractivity (Wildman–Crippen MR) is 116 cm³/mol. The molecule has 0 radical (unpaired) electrons. The number of nitrogens with two attached hydrogens (primary N) is 3. The van der Waals surface area contributed by atoms with Crippen molar-refractivity contribution in [3.8, 4) is 11.4 Å². The molecule has 2 aromatic carbocycles. The minimum atomic E-state index is -0.504. The number of nitrogens with zero attached hydrogens (tertiary/aromatic N) is 4. The number of aromatic nitrogens is 3. The highest BCUT2D eigenvalue weighted by Gasteiger charge is 2.22. The van der Waals surface area contributed by atoms with Crippen LogP contribution in [-0.4, -0.2) is 15.1 Å². The van der Waals surface area contributed by atoms with Crippen molar-refractivity contribution in [3.63, 3.8) is 0 Å². The molecule has 8 nitrogen and oxygen atoms in total. The molecule has 0 aliphatic carbocycles. The number of hydrogen-bond donors (Lipinski definition) is 3. The summed E-state index contributed by atoms with van der Waals surface area (Å²) in [6.07, 6.45) is 3.16. The fraction of sp³-hybridized carbons (Fsp3) is 0.0455. The topological polar surface area (TPSA) is 133 Å². The van der Waals surface area contributed by atoms with Crippen molar-refractivity contribution >= 4 is 17.1 Å². The molecule has 0 unspecified atom stereocenters. The zero-order chi connectivity index (χ0) is 21.8. The van der Waals surface area contributed by atoms with Crippen molar-refractivity contribution in [2.75, 3.05) is 5.01 Å². The van der Waals surface area contributed by atoms with Crippen LogP contribution in [0.1, 0.15) is 17.0 Å². The van der Waals surface area contributed by atoms with Crippen LogP contribution < -0.4 is 22.3 Å². The van der Waals surface area contributed by atoms with E-state index in [2.05, 4.69) is 15.1 Å². The average Bonchev–Trinajstić information content (AvgIpc) is 3.30. The molecule has 0 fully saturated rings. The van der Waals surface area contributed by atoms with Gasteiger partial charge in [-0.2, -0.15) is 4.98 Å². The summed E-state index contributed by atoms with van der Waals surface area (Å²) in [6, 6.07) is 17.0. The van der Waals surface area contributed by atoms with Gasteiger partial charge in [0.2, 0.25) is 5.82 Å². The summed E-state index contributed by atoms with van der Waals surface area (Å²) in [5.41, 5.74) is 14.9. The van der Waals surface area contributed by atoms with E-state index in [4.69, 9.17) is 21.8 Å². The minimum Gasteiger partial charge on any atom is -0.392 e. The fourth-order valence-corrected chi connectivity index (χ4v) is 3.04. The first kappa shape index (κ1) is 20.2. The maximum Gasteiger partial charge on any atom is 0.276 e. The van der Waals surface area contributed by atoms with Crippen molar-refractivity contribution in [1.82, 2.24) is 15.1 Å². The second-order valence-corrected chi connectivity index (χ2v) is 6.64. The number of hydrazine groups is 1. The highest BCUT2D eigenvalue weighted by Crippen LogP contribution is 2.30. The van der Waals surface area contributed by atoms with E-state index in [1.54, 1.807) is 42.7 Å². The lowest BCUT2D eigenvalue weighted by atomic mass is 10.1. The predicted octanol–water partition coefficient (Wildman–Crippen LogP) is 2.89. The smallest absolute Gasteiger partial charge is 0.276 e. The summed E-state index contributed by atoms with van der Waals surface area (Å²) >= 11 is 0. The normalized spacial score (nSPS) is 11.8. The first-order chi connectivity index (χ1) is 15.1. The van der Waals surface area contributed by atoms with E-state index < -0.39 is 5.82 Å². The van der Waals surface area contributed by atoms with Crippen LogP contribution >= 0.6 is 0 Å². The van der Waals surface area contributed by atoms with Gasteiger partial charge in [-0.1, -0.05) is 41.6 Å². The number of halogens is 1. The number of pyridine rings is 1. The van der Waals surface area contributed by atoms with Crippen LogP contribution in [0, 0.1) is 5.82 Å². The van der Waals surface area contributed by atoms with Gasteiger partial charge in [-0.15, -0.1) is 0 Å². The molecule has 0 atom stereocenters. The van der Waals surface area contributed by atoms with Crippen molar-refractivity contribution in [2.45, 2.75) is 6.54 Å². The Bertz CT molecular complexity index is 1210. The van der Waals surface area contributed by atoms with Gasteiger partial charge in [0.25, 0.3) is 5.89 Å². The van der Waals surface area contributed by atoms with Crippen LogP contribution in [0.15, 0.2) is 77.6 Å². The molecule has 0 aliphatic heterocycles. The van der Waals surface area contributed by atoms with E-state index in [0.29, 0.717) is 23.6 Å². The van der Waals surface area contributed by atoms with Gasteiger partial charge in [0.1, 0.15) is 11.5 Å². The Morgan fingerprint density at radius 3 is 2.39 bits per heavy atom. The van der Waals surface area contributed by atoms with Gasteiger partial charge in [0, 0.05) is 30.1 Å². The summed E-state index contributed by atoms with van der Waals surface area (Å²) in [5.74, 6) is 6.19. The summed E-state index contributed by atoms with van der Waals surface area (Å²) in [7, 11) is 0. The Balaban J connectivity index is 1.79. The number of hydrogen-bond acceptors (Lipinski definition) is 8. The molecule has 31 heavy (non-hydrogen) atoms. The van der Waals surface area contributed by atoms with E-state index in [0.717, 1.165) is 16.1 Å². The summed E-state index contributed by atoms with van der Waals surface area (Å²) < 4.78 is 19.8. The Hall–Kier alpha value is -4.08. The molecule has 9 heteroatoms. The number of benzene rings is 2. The molecule has 0 amide bonds. The molecule has 0 aliphatic rings. The molecule has 0 bridgehead atoms. The molecule has 0 saturated carbocycles. The van der Waals surface area contributed by atoms with Gasteiger partial charge < -0.3 is 16.0 Å². The van der Waals surface area contributed by atoms with Gasteiger partial charge >= 0.3 is 0 Å². The lowest BCUT2D eigenvalue weighted by molar-refractivity contribution is 0.408. The van der Waals surface area contributed by atoms with Crippen molar-refractivity contribution < 1.29 is 8.91 Å². The lowest BCUT2D eigenvalue weighted by Gasteiger charge is -2.23. The van der Waals surface area contributed by atoms with Gasteiger partial charge in [0.05, 0.1) is 11.4 Å². The molecule has 2 heterocycles. The number of anilines is 1. The Kier molecular flexibility index (Phi) is 5.69. The molecular weight excluding hydrogens is 397 g/mol. The van der Waals surface area contributed by atoms with E-state index in [-0.39, 0.29) is 17.3 Å². The Labute approximate surface area is 177 Å². The number of para-hydroxylation sites is 1. The lowest BCUT2D eigenvalue weighted by Crippen LogP contribution is -2.32. The van der Waals surface area contributed by atoms with Crippen LogP contribution in [0.3, 0.4) is 0 Å². The maximum absolute atomic E-state index is 14.4. The van der Waals surface area contributed by atoms with Crippen LogP contribution in [-0.2, 0) is 6.54 Å². The zero-order valence-corrected chi connectivity index (χ0v) is 16.4. The molecule has 0 saturated heterocycles. The van der Waals surface area contributed by atoms with Crippen molar-refractivity contribution in [2.24, 2.45) is 17.3 Å². The van der Waals surface area contributed by atoms with E-state index in [1.807, 2.05) is 24.3 Å². The molecule has 6 N–H and O–H groups in total. The van der Waals surface area contributed by atoms with E-state index in [1.165, 1.54) is 6.07 Å². The molecule has 4 rings (SSSR count). The van der Waals surface area contributed by atoms with Gasteiger partial charge in [-0.3, -0.25) is 9.99 Å². The van der Waals surface area contributed by atoms with Gasteiger partial charge in [-0.25, -0.2) is 10.2 Å². The third-order valence-corrected chi connectivity index (χ3v) is 4.67. The monoisotopic (exact) mass is 417 g/mol. The molecule has 0 spiro atoms. The summed E-state index contributed by atoms with van der Waals surface area (Å²) in [5, 5.41) is 5.16. The molecular formula is C22H20FN7O. The SMILES string of the molecule is NCc1ccc(-c2noc(/C(N)=C(\c3ccncc3)N(N)c3ccccc3F)n2)cc1. The number of rotatable bonds is 6. The fourth-order valence-electron chi connectivity index (χ4n) is 3.04. The molecule has 4 aromatic rings. The largest absolute Gasteiger partial charge is 0.392 e. The van der Waals surface area contributed by atoms with E-state index in [9.17, 15) is 4.39 Å². The summed E-state index contributed by atoms with van der Waals surface area (Å²) in [6.45, 7) is 0.436. The molecule has 2 aromatic heterocycles. The second kappa shape index (κ2) is 8.74. The molecule has 156 valence electrons. The second-order valence-electron chi connectivity index (χ2n) is 6.64. The Morgan fingerprint density at radius 1 is 1.00 bits per heavy atom. The third-order valence-electron chi connectivity index (χ3n) is 4.67. The zero-order valence-electron chi connectivity index (χ0n) is 16.4. The maximum atomic E-state index is 14.4. The average molecular weight is 417 g/mol. The first-order valence-electron chi connectivity index (χ1n) is 9.41. The van der Waals surface area contributed by atoms with Crippen LogP contribution in [0.5, 0.6) is 0 Å². The van der Waals surface area contributed by atoms with Crippen molar-refractivity contribution in [1.29, 1.82) is 0 Å². The third kappa shape index (κ3) is 4.13. The van der Waals surface area contributed by atoms with Crippen LogP contribution in [0.4, 0.5) is 10.1 Å². The van der Waals surface area contributed by atoms with Crippen molar-refractivity contribution in [3.05, 3.63) is 95.9 Å². The minimum absolute atomic E-state index is 0.0523. The van der Waals surface area contributed by atoms with Crippen LogP contribution in [0.2, 0.25) is 0 Å².